The minimum Gasteiger partial charge on any atom is -0.355 e. The Morgan fingerprint density at radius 2 is 1.92 bits per heavy atom. The average molecular weight is 198 g/mol. The molecule has 1 amide bonds. The molecule has 0 saturated carbocycles. The summed E-state index contributed by atoms with van der Waals surface area (Å²) in [7, 11) is -2.93. The summed E-state index contributed by atoms with van der Waals surface area (Å²) in [5, 5.41) is 7.25. The van der Waals surface area contributed by atoms with E-state index in [1.807, 2.05) is 13.8 Å². The molecule has 0 aromatic heterocycles. The minimum atomic E-state index is -2.93. The maximum Gasteiger partial charge on any atom is 0.216 e. The third-order valence-corrected chi connectivity index (χ3v) is 1.58. The molecule has 0 fully saturated rings. The zero-order valence-corrected chi connectivity index (χ0v) is 8.52. The van der Waals surface area contributed by atoms with Crippen LogP contribution >= 0.6 is 10.8 Å². The lowest BCUT2D eigenvalue weighted by molar-refractivity contribution is -0.118. The van der Waals surface area contributed by atoms with Gasteiger partial charge in [0.1, 0.15) is 0 Å². The maximum absolute atomic E-state index is 10.2. The summed E-state index contributed by atoms with van der Waals surface area (Å²) in [6.45, 7) is 5.55. The highest BCUT2D eigenvalue weighted by Crippen LogP contribution is 2.25. The van der Waals surface area contributed by atoms with Gasteiger partial charge in [-0.2, -0.15) is 0 Å². The Labute approximate surface area is 74.8 Å². The number of carbonyl (C=O) groups is 1. The fraction of sp³-hybridized carbons (Fsp3) is 0.833. The summed E-state index contributed by atoms with van der Waals surface area (Å²) in [5.74, 6) is -0.198. The molecule has 0 aromatic carbocycles. The van der Waals surface area contributed by atoms with Crippen molar-refractivity contribution in [3.63, 3.8) is 0 Å². The van der Waals surface area contributed by atoms with E-state index in [-0.39, 0.29) is 18.2 Å². The molecule has 0 bridgehead atoms. The molecule has 0 aromatic rings. The highest BCUT2D eigenvalue weighted by Gasteiger charge is 2.02. The fourth-order valence-corrected chi connectivity index (χ4v) is 0.780. The first-order valence-corrected chi connectivity index (χ1v) is 5.48. The largest absolute Gasteiger partial charge is 0.355 e. The van der Waals surface area contributed by atoms with Gasteiger partial charge in [0.25, 0.3) is 0 Å². The third kappa shape index (κ3) is 16.4. The topological polar surface area (TPSA) is 95.6 Å². The number of carbonyl (C=O) groups excluding carboxylic acids is 1. The van der Waals surface area contributed by atoms with Crippen LogP contribution in [0.5, 0.6) is 0 Å². The Morgan fingerprint density at radius 3 is 2.17 bits per heavy atom. The van der Waals surface area contributed by atoms with Crippen LogP contribution in [0.4, 0.5) is 0 Å². The van der Waals surface area contributed by atoms with Crippen molar-refractivity contribution in [2.75, 3.05) is 12.3 Å². The second-order valence-electron chi connectivity index (χ2n) is 1.90. The molecular weight excluding hydrogens is 180 g/mol. The van der Waals surface area contributed by atoms with Crippen LogP contribution in [0.15, 0.2) is 0 Å². The van der Waals surface area contributed by atoms with E-state index in [0.717, 1.165) is 0 Å². The number of nitrogens with two attached hydrogens (primary N) is 1. The summed E-state index contributed by atoms with van der Waals surface area (Å²) >= 11 is 0. The van der Waals surface area contributed by atoms with Crippen LogP contribution in [0.1, 0.15) is 20.8 Å². The van der Waals surface area contributed by atoms with Gasteiger partial charge in [0.05, 0.1) is 5.75 Å². The quantitative estimate of drug-likeness (QED) is 0.538. The van der Waals surface area contributed by atoms with Crippen molar-refractivity contribution < 1.29 is 13.9 Å². The zero-order valence-electron chi connectivity index (χ0n) is 7.70. The second-order valence-corrected chi connectivity index (χ2v) is 3.75. The summed E-state index contributed by atoms with van der Waals surface area (Å²) in [6, 6.07) is 0. The lowest BCUT2D eigenvalue weighted by Crippen LogP contribution is -2.27. The first-order valence-electron chi connectivity index (χ1n) is 3.70. The molecule has 0 saturated heterocycles. The molecule has 0 aliphatic carbocycles. The Bertz CT molecular complexity index is 124. The van der Waals surface area contributed by atoms with Crippen molar-refractivity contribution in [2.45, 2.75) is 20.8 Å². The molecule has 76 valence electrons. The van der Waals surface area contributed by atoms with E-state index in [1.165, 1.54) is 6.92 Å². The molecule has 0 spiro atoms. The third-order valence-electron chi connectivity index (χ3n) is 0.776. The van der Waals surface area contributed by atoms with Crippen molar-refractivity contribution >= 4 is 16.7 Å². The maximum atomic E-state index is 10.2. The molecule has 6 heteroatoms. The first kappa shape index (κ1) is 14.2. The first-order chi connectivity index (χ1) is 5.42. The number of hydrogen-bond donors (Lipinski definition) is 4. The van der Waals surface area contributed by atoms with E-state index in [0.29, 0.717) is 0 Å². The van der Waals surface area contributed by atoms with Gasteiger partial charge in [-0.05, 0) is 0 Å². The highest BCUT2D eigenvalue weighted by molar-refractivity contribution is 8.22. The molecule has 0 aliphatic heterocycles. The zero-order chi connectivity index (χ0) is 10.2. The minimum absolute atomic E-state index is 0.00653. The molecule has 0 rings (SSSR count). The van der Waals surface area contributed by atoms with Crippen molar-refractivity contribution in [3.8, 4) is 0 Å². The molecule has 0 radical (unpaired) electrons. The van der Waals surface area contributed by atoms with Gasteiger partial charge in [-0.1, -0.05) is 13.8 Å². The van der Waals surface area contributed by atoms with E-state index in [9.17, 15) is 4.79 Å². The smallest absolute Gasteiger partial charge is 0.216 e. The van der Waals surface area contributed by atoms with Crippen LogP contribution in [0.2, 0.25) is 0 Å². The fourth-order valence-electron chi connectivity index (χ4n) is 0.377. The SMILES string of the molecule is CC.CC(=O)NCCS(N)(O)O. The highest BCUT2D eigenvalue weighted by atomic mass is 32.3. The normalized spacial score (nSPS) is 11.2. The van der Waals surface area contributed by atoms with Gasteiger partial charge in [0.15, 0.2) is 0 Å². The Kier molecular flexibility index (Phi) is 8.73. The number of amides is 1. The molecular formula is C6H18N2O3S. The van der Waals surface area contributed by atoms with Gasteiger partial charge >= 0.3 is 0 Å². The Hall–Kier alpha value is -0.300. The van der Waals surface area contributed by atoms with Crippen LogP contribution < -0.4 is 10.5 Å². The standard InChI is InChI=1S/C4H12N2O3S.C2H6/c1-4(7)6-2-3-10(5,8)9;1-2/h8-9H,2-3,5H2,1H3,(H,6,7);1-2H3. The van der Waals surface area contributed by atoms with Gasteiger partial charge in [-0.3, -0.25) is 13.9 Å². The van der Waals surface area contributed by atoms with Crippen molar-refractivity contribution in [1.29, 1.82) is 0 Å². The van der Waals surface area contributed by atoms with Crippen LogP contribution in [0.3, 0.4) is 0 Å². The summed E-state index contributed by atoms with van der Waals surface area (Å²) in [6.07, 6.45) is 0. The molecule has 5 nitrogen and oxygen atoms in total. The summed E-state index contributed by atoms with van der Waals surface area (Å²) < 4.78 is 17.2. The van der Waals surface area contributed by atoms with Crippen LogP contribution in [-0.4, -0.2) is 27.3 Å². The van der Waals surface area contributed by atoms with Gasteiger partial charge < -0.3 is 5.32 Å². The number of rotatable bonds is 3. The van der Waals surface area contributed by atoms with E-state index >= 15 is 0 Å². The van der Waals surface area contributed by atoms with E-state index < -0.39 is 10.8 Å². The number of nitrogens with one attached hydrogen (secondary N) is 1. The monoisotopic (exact) mass is 198 g/mol. The Morgan fingerprint density at radius 1 is 1.50 bits per heavy atom. The van der Waals surface area contributed by atoms with E-state index in [4.69, 9.17) is 14.2 Å². The van der Waals surface area contributed by atoms with Gasteiger partial charge in [0.2, 0.25) is 5.91 Å². The molecule has 12 heavy (non-hydrogen) atoms. The second kappa shape index (κ2) is 7.35. The van der Waals surface area contributed by atoms with Gasteiger partial charge in [-0.15, -0.1) is 10.8 Å². The molecule has 0 heterocycles. The molecule has 5 N–H and O–H groups in total. The van der Waals surface area contributed by atoms with Crippen LogP contribution in [-0.2, 0) is 4.79 Å². The average Bonchev–Trinajstić information content (AvgIpc) is 1.88. The van der Waals surface area contributed by atoms with Crippen molar-refractivity contribution in [1.82, 2.24) is 5.32 Å². The van der Waals surface area contributed by atoms with Gasteiger partial charge in [0, 0.05) is 13.5 Å². The van der Waals surface area contributed by atoms with E-state index in [1.54, 1.807) is 0 Å². The molecule has 0 aliphatic rings. The van der Waals surface area contributed by atoms with Gasteiger partial charge in [-0.25, -0.2) is 5.14 Å². The lowest BCUT2D eigenvalue weighted by Gasteiger charge is -2.25. The van der Waals surface area contributed by atoms with Crippen LogP contribution in [0, 0.1) is 0 Å². The number of hydrogen-bond acceptors (Lipinski definition) is 4. The molecule has 0 unspecified atom stereocenters. The van der Waals surface area contributed by atoms with Crippen LogP contribution in [0.25, 0.3) is 0 Å². The van der Waals surface area contributed by atoms with Crippen molar-refractivity contribution in [3.05, 3.63) is 0 Å². The van der Waals surface area contributed by atoms with E-state index in [2.05, 4.69) is 5.32 Å². The Balaban J connectivity index is 0. The van der Waals surface area contributed by atoms with Crippen molar-refractivity contribution in [2.24, 2.45) is 5.14 Å². The lowest BCUT2D eigenvalue weighted by atomic mass is 10.6. The summed E-state index contributed by atoms with van der Waals surface area (Å²) in [5.41, 5.74) is 0. The predicted octanol–water partition coefficient (Wildman–Crippen LogP) is 0.773. The molecule has 0 atom stereocenters. The predicted molar refractivity (Wildman–Crippen MR) is 51.9 cm³/mol. The summed E-state index contributed by atoms with van der Waals surface area (Å²) in [4.78, 5) is 10.2.